The molecule has 0 spiro atoms. The van der Waals surface area contributed by atoms with Crippen molar-refractivity contribution in [1.29, 1.82) is 0 Å². The van der Waals surface area contributed by atoms with Gasteiger partial charge in [0.25, 0.3) is 10.0 Å². The summed E-state index contributed by atoms with van der Waals surface area (Å²) in [5, 5.41) is 0.159. The van der Waals surface area contributed by atoms with Crippen LogP contribution in [0, 0.1) is 6.92 Å². The van der Waals surface area contributed by atoms with Gasteiger partial charge >= 0.3 is 0 Å². The van der Waals surface area contributed by atoms with Crippen LogP contribution in [-0.4, -0.2) is 28.8 Å². The van der Waals surface area contributed by atoms with Crippen LogP contribution in [0.5, 0.6) is 0 Å². The molecule has 22 heavy (non-hydrogen) atoms. The first-order chi connectivity index (χ1) is 10.5. The van der Waals surface area contributed by atoms with Crippen molar-refractivity contribution in [2.75, 3.05) is 6.54 Å². The third-order valence-electron chi connectivity index (χ3n) is 4.22. The van der Waals surface area contributed by atoms with Gasteiger partial charge in [-0.1, -0.05) is 24.3 Å². The molecule has 0 saturated heterocycles. The fourth-order valence-corrected chi connectivity index (χ4v) is 4.38. The Kier molecular flexibility index (Phi) is 4.06. The number of aromatic nitrogens is 2. The fraction of sp³-hybridized carbons (Fsp3) is 0.438. The highest BCUT2D eigenvalue weighted by Crippen LogP contribution is 2.24. The van der Waals surface area contributed by atoms with Crippen LogP contribution in [-0.2, 0) is 29.5 Å². The van der Waals surface area contributed by atoms with Gasteiger partial charge in [-0.25, -0.2) is 13.4 Å². The zero-order valence-corrected chi connectivity index (χ0v) is 13.8. The summed E-state index contributed by atoms with van der Waals surface area (Å²) in [4.78, 5) is 4.25. The van der Waals surface area contributed by atoms with Crippen molar-refractivity contribution >= 4 is 10.0 Å². The largest absolute Gasteiger partial charge is 0.334 e. The monoisotopic (exact) mass is 319 g/mol. The number of hydrogen-bond acceptors (Lipinski definition) is 3. The molecule has 0 radical (unpaired) electrons. The highest BCUT2D eigenvalue weighted by molar-refractivity contribution is 7.89. The first-order valence-corrected chi connectivity index (χ1v) is 9.07. The second-order valence-electron chi connectivity index (χ2n) is 5.62. The molecule has 118 valence electrons. The first kappa shape index (κ1) is 15.2. The van der Waals surface area contributed by atoms with Gasteiger partial charge in [0.15, 0.2) is 5.03 Å². The molecule has 3 rings (SSSR count). The second-order valence-corrected chi connectivity index (χ2v) is 7.51. The quantitative estimate of drug-likeness (QED) is 0.872. The van der Waals surface area contributed by atoms with E-state index < -0.39 is 10.0 Å². The summed E-state index contributed by atoms with van der Waals surface area (Å²) >= 11 is 0. The van der Waals surface area contributed by atoms with Gasteiger partial charge in [-0.15, -0.1) is 0 Å². The second kappa shape index (κ2) is 5.85. The molecular weight excluding hydrogens is 298 g/mol. The SMILES string of the molecule is CCn1cc(S(=O)(=O)N2CCCc3ccccc3C2)nc1C. The normalized spacial score (nSPS) is 16.3. The lowest BCUT2D eigenvalue weighted by Gasteiger charge is -2.19. The third kappa shape index (κ3) is 2.68. The van der Waals surface area contributed by atoms with Gasteiger partial charge in [0.2, 0.25) is 0 Å². The van der Waals surface area contributed by atoms with Crippen molar-refractivity contribution in [3.63, 3.8) is 0 Å². The van der Waals surface area contributed by atoms with Gasteiger partial charge in [-0.3, -0.25) is 0 Å². The van der Waals surface area contributed by atoms with Crippen LogP contribution >= 0.6 is 0 Å². The van der Waals surface area contributed by atoms with Crippen LogP contribution in [0.15, 0.2) is 35.5 Å². The van der Waals surface area contributed by atoms with Crippen LogP contribution < -0.4 is 0 Å². The highest BCUT2D eigenvalue weighted by atomic mass is 32.2. The zero-order valence-electron chi connectivity index (χ0n) is 13.0. The maximum atomic E-state index is 12.9. The molecule has 1 aromatic carbocycles. The molecule has 1 aromatic heterocycles. The van der Waals surface area contributed by atoms with E-state index in [1.807, 2.05) is 36.6 Å². The average molecular weight is 319 g/mol. The molecule has 1 aliphatic heterocycles. The highest BCUT2D eigenvalue weighted by Gasteiger charge is 2.29. The first-order valence-electron chi connectivity index (χ1n) is 7.63. The molecule has 0 bridgehead atoms. The fourth-order valence-electron chi connectivity index (χ4n) is 2.93. The molecule has 0 amide bonds. The lowest BCUT2D eigenvalue weighted by Crippen LogP contribution is -2.31. The number of hydrogen-bond donors (Lipinski definition) is 0. The molecule has 0 N–H and O–H groups in total. The lowest BCUT2D eigenvalue weighted by molar-refractivity contribution is 0.408. The standard InChI is InChI=1S/C16H21N3O2S/c1-3-18-12-16(17-13(18)2)22(20,21)19-10-6-9-14-7-4-5-8-15(14)11-19/h4-5,7-8,12H,3,6,9-11H2,1-2H3. The Morgan fingerprint density at radius 3 is 2.64 bits per heavy atom. The molecule has 0 unspecified atom stereocenters. The number of sulfonamides is 1. The number of imidazole rings is 1. The van der Waals surface area contributed by atoms with E-state index >= 15 is 0 Å². The summed E-state index contributed by atoms with van der Waals surface area (Å²) in [5.74, 6) is 0.733. The molecule has 0 atom stereocenters. The van der Waals surface area contributed by atoms with Gasteiger partial charge in [-0.2, -0.15) is 4.31 Å². The summed E-state index contributed by atoms with van der Waals surface area (Å²) in [7, 11) is -3.54. The van der Waals surface area contributed by atoms with E-state index in [0.717, 1.165) is 30.8 Å². The molecule has 2 heterocycles. The van der Waals surface area contributed by atoms with Gasteiger partial charge in [0.1, 0.15) is 5.82 Å². The Morgan fingerprint density at radius 2 is 1.95 bits per heavy atom. The van der Waals surface area contributed by atoms with E-state index in [1.165, 1.54) is 5.56 Å². The van der Waals surface area contributed by atoms with Gasteiger partial charge in [-0.05, 0) is 37.8 Å². The summed E-state index contributed by atoms with van der Waals surface area (Å²) in [6.07, 6.45) is 3.40. The molecular formula is C16H21N3O2S. The van der Waals surface area contributed by atoms with Crippen LogP contribution in [0.1, 0.15) is 30.3 Å². The van der Waals surface area contributed by atoms with Crippen molar-refractivity contribution in [3.8, 4) is 0 Å². The molecule has 1 aliphatic rings. The predicted molar refractivity (Wildman–Crippen MR) is 85.0 cm³/mol. The number of benzene rings is 1. The third-order valence-corrected chi connectivity index (χ3v) is 5.93. The average Bonchev–Trinajstić information content (AvgIpc) is 2.76. The summed E-state index contributed by atoms with van der Waals surface area (Å²) in [6.45, 7) is 5.50. The Balaban J connectivity index is 1.95. The van der Waals surface area contributed by atoms with Crippen molar-refractivity contribution in [2.45, 2.75) is 44.8 Å². The number of aryl methyl sites for hydroxylation is 3. The van der Waals surface area contributed by atoms with E-state index in [0.29, 0.717) is 13.1 Å². The van der Waals surface area contributed by atoms with Crippen LogP contribution in [0.25, 0.3) is 0 Å². The van der Waals surface area contributed by atoms with E-state index in [9.17, 15) is 8.42 Å². The Bertz CT molecular complexity index is 780. The topological polar surface area (TPSA) is 55.2 Å². The Hall–Kier alpha value is -1.66. The van der Waals surface area contributed by atoms with Crippen molar-refractivity contribution in [1.82, 2.24) is 13.9 Å². The molecule has 5 nitrogen and oxygen atoms in total. The smallest absolute Gasteiger partial charge is 0.262 e. The minimum atomic E-state index is -3.54. The number of nitrogens with zero attached hydrogens (tertiary/aromatic N) is 3. The molecule has 6 heteroatoms. The van der Waals surface area contributed by atoms with Crippen molar-refractivity contribution in [3.05, 3.63) is 47.4 Å². The van der Waals surface area contributed by atoms with E-state index in [-0.39, 0.29) is 5.03 Å². The zero-order chi connectivity index (χ0) is 15.7. The summed E-state index contributed by atoms with van der Waals surface area (Å²) < 4.78 is 29.2. The van der Waals surface area contributed by atoms with Gasteiger partial charge in [0.05, 0.1) is 0 Å². The van der Waals surface area contributed by atoms with Crippen molar-refractivity contribution < 1.29 is 8.42 Å². The summed E-state index contributed by atoms with van der Waals surface area (Å²) in [5.41, 5.74) is 2.34. The van der Waals surface area contributed by atoms with Crippen LogP contribution in [0.3, 0.4) is 0 Å². The minimum absolute atomic E-state index is 0.159. The summed E-state index contributed by atoms with van der Waals surface area (Å²) in [6, 6.07) is 8.07. The van der Waals surface area contributed by atoms with E-state index in [1.54, 1.807) is 10.5 Å². The molecule has 2 aromatic rings. The minimum Gasteiger partial charge on any atom is -0.334 e. The van der Waals surface area contributed by atoms with Gasteiger partial charge in [0, 0.05) is 25.8 Å². The predicted octanol–water partition coefficient (Wildman–Crippen LogP) is 2.35. The number of fused-ring (bicyclic) bond motifs is 1. The number of rotatable bonds is 3. The Morgan fingerprint density at radius 1 is 1.23 bits per heavy atom. The Labute approximate surface area is 131 Å². The van der Waals surface area contributed by atoms with E-state index in [4.69, 9.17) is 0 Å². The van der Waals surface area contributed by atoms with Crippen molar-refractivity contribution in [2.24, 2.45) is 0 Å². The molecule has 0 aliphatic carbocycles. The van der Waals surface area contributed by atoms with Gasteiger partial charge < -0.3 is 4.57 Å². The lowest BCUT2D eigenvalue weighted by atomic mass is 10.0. The molecule has 0 saturated carbocycles. The van der Waals surface area contributed by atoms with Crippen LogP contribution in [0.4, 0.5) is 0 Å². The maximum Gasteiger partial charge on any atom is 0.262 e. The van der Waals surface area contributed by atoms with Crippen LogP contribution in [0.2, 0.25) is 0 Å². The maximum absolute atomic E-state index is 12.9. The van der Waals surface area contributed by atoms with E-state index in [2.05, 4.69) is 11.1 Å². The molecule has 0 fully saturated rings.